The first kappa shape index (κ1) is 15.8. The summed E-state index contributed by atoms with van der Waals surface area (Å²) in [5, 5.41) is 0. The predicted molar refractivity (Wildman–Crippen MR) is 75.9 cm³/mol. The monoisotopic (exact) mass is 274 g/mol. The number of ketones is 1. The third-order valence-corrected chi connectivity index (χ3v) is 2.73. The second-order valence-corrected chi connectivity index (χ2v) is 4.40. The zero-order chi connectivity index (χ0) is 15.0. The van der Waals surface area contributed by atoms with Crippen molar-refractivity contribution in [2.45, 2.75) is 33.1 Å². The number of ether oxygens (including phenoxy) is 1. The summed E-state index contributed by atoms with van der Waals surface area (Å²) in [5.74, 6) is -2.77. The SMILES string of the molecule is CCCCc1ccccc1C=CC(=O)OC(=O)C(C)=O. The Kier molecular flexibility index (Phi) is 6.37. The number of carbonyl (C=O) groups is 3. The first-order chi connectivity index (χ1) is 9.54. The number of benzene rings is 1. The van der Waals surface area contributed by atoms with Gasteiger partial charge in [-0.25, -0.2) is 9.59 Å². The van der Waals surface area contributed by atoms with Crippen molar-refractivity contribution >= 4 is 23.8 Å². The Balaban J connectivity index is 2.72. The lowest BCUT2D eigenvalue weighted by Gasteiger charge is -2.04. The third-order valence-electron chi connectivity index (χ3n) is 2.73. The minimum absolute atomic E-state index is 0.796. The van der Waals surface area contributed by atoms with E-state index in [1.165, 1.54) is 0 Å². The molecule has 0 aliphatic rings. The van der Waals surface area contributed by atoms with Gasteiger partial charge in [-0.2, -0.15) is 0 Å². The quantitative estimate of drug-likeness (QED) is 0.346. The van der Waals surface area contributed by atoms with Gasteiger partial charge in [0.15, 0.2) is 0 Å². The standard InChI is InChI=1S/C16H18O4/c1-3-4-7-13-8-5-6-9-14(13)10-11-15(18)20-16(19)12(2)17/h5-6,8-11H,3-4,7H2,1-2H3. The fraction of sp³-hybridized carbons (Fsp3) is 0.312. The number of aryl methyl sites for hydroxylation is 1. The van der Waals surface area contributed by atoms with Gasteiger partial charge in [-0.15, -0.1) is 0 Å². The second kappa shape index (κ2) is 8.04. The molecule has 0 aliphatic heterocycles. The molecule has 1 rings (SSSR count). The van der Waals surface area contributed by atoms with E-state index in [1.54, 1.807) is 6.08 Å². The van der Waals surface area contributed by atoms with Gasteiger partial charge in [-0.05, 0) is 30.0 Å². The minimum atomic E-state index is -1.14. The first-order valence-corrected chi connectivity index (χ1v) is 6.57. The molecule has 0 unspecified atom stereocenters. The van der Waals surface area contributed by atoms with Crippen molar-refractivity contribution in [3.05, 3.63) is 41.5 Å². The second-order valence-electron chi connectivity index (χ2n) is 4.40. The molecule has 0 amide bonds. The highest BCUT2D eigenvalue weighted by molar-refractivity contribution is 6.34. The number of unbranched alkanes of at least 4 members (excludes halogenated alkanes) is 1. The fourth-order valence-electron chi connectivity index (χ4n) is 1.65. The van der Waals surface area contributed by atoms with Crippen LogP contribution in [-0.4, -0.2) is 17.7 Å². The molecule has 0 radical (unpaired) electrons. The van der Waals surface area contributed by atoms with Crippen molar-refractivity contribution in [3.8, 4) is 0 Å². The van der Waals surface area contributed by atoms with Gasteiger partial charge in [0.05, 0.1) is 0 Å². The van der Waals surface area contributed by atoms with Crippen molar-refractivity contribution in [2.75, 3.05) is 0 Å². The van der Waals surface area contributed by atoms with Crippen molar-refractivity contribution in [1.29, 1.82) is 0 Å². The van der Waals surface area contributed by atoms with E-state index in [9.17, 15) is 14.4 Å². The van der Waals surface area contributed by atoms with Crippen LogP contribution in [0.5, 0.6) is 0 Å². The van der Waals surface area contributed by atoms with Gasteiger partial charge in [0.2, 0.25) is 5.78 Å². The van der Waals surface area contributed by atoms with E-state index in [1.807, 2.05) is 24.3 Å². The van der Waals surface area contributed by atoms with Gasteiger partial charge in [0.25, 0.3) is 0 Å². The summed E-state index contributed by atoms with van der Waals surface area (Å²) in [4.78, 5) is 33.0. The largest absolute Gasteiger partial charge is 0.384 e. The molecule has 0 spiro atoms. The fourth-order valence-corrected chi connectivity index (χ4v) is 1.65. The molecule has 0 saturated carbocycles. The molecule has 106 valence electrons. The number of hydrogen-bond acceptors (Lipinski definition) is 4. The summed E-state index contributed by atoms with van der Waals surface area (Å²) in [6.45, 7) is 3.17. The van der Waals surface area contributed by atoms with Crippen molar-refractivity contribution < 1.29 is 19.1 Å². The van der Waals surface area contributed by atoms with E-state index in [0.29, 0.717) is 0 Å². The Hall–Kier alpha value is -2.23. The van der Waals surface area contributed by atoms with Crippen molar-refractivity contribution in [3.63, 3.8) is 0 Å². The summed E-state index contributed by atoms with van der Waals surface area (Å²) in [6, 6.07) is 7.71. The number of Topliss-reactive ketones (excluding diaryl/α,β-unsaturated/α-hetero) is 1. The van der Waals surface area contributed by atoms with E-state index in [-0.39, 0.29) is 0 Å². The summed E-state index contributed by atoms with van der Waals surface area (Å²) >= 11 is 0. The van der Waals surface area contributed by atoms with Gasteiger partial charge in [0, 0.05) is 13.0 Å². The zero-order valence-electron chi connectivity index (χ0n) is 11.7. The molecule has 0 fully saturated rings. The van der Waals surface area contributed by atoms with Crippen LogP contribution in [0.25, 0.3) is 6.08 Å². The van der Waals surface area contributed by atoms with Crippen LogP contribution in [-0.2, 0) is 25.5 Å². The first-order valence-electron chi connectivity index (χ1n) is 6.57. The number of carbonyl (C=O) groups excluding carboxylic acids is 3. The Morgan fingerprint density at radius 1 is 1.20 bits per heavy atom. The summed E-state index contributed by atoms with van der Waals surface area (Å²) in [5.41, 5.74) is 2.05. The Morgan fingerprint density at radius 2 is 1.90 bits per heavy atom. The topological polar surface area (TPSA) is 60.4 Å². The molecule has 4 heteroatoms. The Bertz CT molecular complexity index is 529. The Morgan fingerprint density at radius 3 is 2.55 bits per heavy atom. The lowest BCUT2D eigenvalue weighted by Crippen LogP contribution is -2.17. The molecule has 4 nitrogen and oxygen atoms in total. The van der Waals surface area contributed by atoms with Gasteiger partial charge in [0.1, 0.15) is 0 Å². The van der Waals surface area contributed by atoms with Crippen LogP contribution < -0.4 is 0 Å². The molecular formula is C16H18O4. The molecule has 20 heavy (non-hydrogen) atoms. The number of esters is 2. The molecule has 0 bridgehead atoms. The van der Waals surface area contributed by atoms with E-state index < -0.39 is 17.7 Å². The van der Waals surface area contributed by atoms with Crippen LogP contribution in [0.3, 0.4) is 0 Å². The summed E-state index contributed by atoms with van der Waals surface area (Å²) in [7, 11) is 0. The van der Waals surface area contributed by atoms with E-state index in [4.69, 9.17) is 0 Å². The average Bonchev–Trinajstić information content (AvgIpc) is 2.43. The molecule has 0 atom stereocenters. The van der Waals surface area contributed by atoms with Crippen LogP contribution in [0, 0.1) is 0 Å². The van der Waals surface area contributed by atoms with Crippen LogP contribution in [0.2, 0.25) is 0 Å². The normalized spacial score (nSPS) is 10.5. The number of hydrogen-bond donors (Lipinski definition) is 0. The highest BCUT2D eigenvalue weighted by Crippen LogP contribution is 2.13. The maximum Gasteiger partial charge on any atom is 0.382 e. The summed E-state index contributed by atoms with van der Waals surface area (Å²) < 4.78 is 4.34. The number of rotatable bonds is 6. The highest BCUT2D eigenvalue weighted by Gasteiger charge is 2.12. The maximum absolute atomic E-state index is 11.4. The van der Waals surface area contributed by atoms with E-state index in [0.717, 1.165) is 43.4 Å². The summed E-state index contributed by atoms with van der Waals surface area (Å²) in [6.07, 6.45) is 5.84. The third kappa shape index (κ3) is 5.18. The van der Waals surface area contributed by atoms with Gasteiger partial charge in [-0.1, -0.05) is 37.6 Å². The molecule has 0 saturated heterocycles. The lowest BCUT2D eigenvalue weighted by molar-refractivity contribution is -0.161. The molecule has 0 N–H and O–H groups in total. The average molecular weight is 274 g/mol. The van der Waals surface area contributed by atoms with Gasteiger partial charge < -0.3 is 4.74 Å². The molecule has 1 aromatic rings. The van der Waals surface area contributed by atoms with Gasteiger partial charge in [-0.3, -0.25) is 4.79 Å². The molecule has 0 heterocycles. The van der Waals surface area contributed by atoms with Crippen LogP contribution in [0.1, 0.15) is 37.8 Å². The smallest absolute Gasteiger partial charge is 0.382 e. The van der Waals surface area contributed by atoms with E-state index in [2.05, 4.69) is 11.7 Å². The Labute approximate surface area is 118 Å². The lowest BCUT2D eigenvalue weighted by atomic mass is 10.0. The van der Waals surface area contributed by atoms with Gasteiger partial charge >= 0.3 is 11.9 Å². The predicted octanol–water partition coefficient (Wildman–Crippen LogP) is 2.70. The van der Waals surface area contributed by atoms with E-state index >= 15 is 0 Å². The zero-order valence-corrected chi connectivity index (χ0v) is 11.7. The molecule has 0 aromatic heterocycles. The minimum Gasteiger partial charge on any atom is -0.384 e. The van der Waals surface area contributed by atoms with Crippen LogP contribution >= 0.6 is 0 Å². The molecule has 1 aromatic carbocycles. The molecule has 0 aliphatic carbocycles. The maximum atomic E-state index is 11.4. The van der Waals surface area contributed by atoms with Crippen molar-refractivity contribution in [1.82, 2.24) is 0 Å². The van der Waals surface area contributed by atoms with Crippen LogP contribution in [0.15, 0.2) is 30.3 Å². The molecular weight excluding hydrogens is 256 g/mol. The van der Waals surface area contributed by atoms with Crippen molar-refractivity contribution in [2.24, 2.45) is 0 Å². The van der Waals surface area contributed by atoms with Crippen LogP contribution in [0.4, 0.5) is 0 Å². The highest BCUT2D eigenvalue weighted by atomic mass is 16.6.